The molecule has 0 saturated heterocycles. The van der Waals surface area contributed by atoms with Gasteiger partial charge in [0.2, 0.25) is 11.5 Å². The summed E-state index contributed by atoms with van der Waals surface area (Å²) in [7, 11) is 3.00. The number of hydrogen-bond donors (Lipinski definition) is 1. The number of methoxy groups -OCH3 is 2. The Morgan fingerprint density at radius 2 is 1.32 bits per heavy atom. The lowest BCUT2D eigenvalue weighted by molar-refractivity contribution is 0.0639. The third kappa shape index (κ3) is 5.73. The lowest BCUT2D eigenvalue weighted by Crippen LogP contribution is -2.17. The van der Waals surface area contributed by atoms with Crippen LogP contribution in [0.25, 0.3) is 21.9 Å². The first-order chi connectivity index (χ1) is 19.4. The van der Waals surface area contributed by atoms with Gasteiger partial charge in [-0.1, -0.05) is 38.5 Å². The Labute approximate surface area is 232 Å². The van der Waals surface area contributed by atoms with Crippen LogP contribution in [0.1, 0.15) is 86.6 Å². The number of aliphatic hydroxyl groups is 1. The van der Waals surface area contributed by atoms with Gasteiger partial charge in [-0.05, 0) is 68.0 Å². The number of aliphatic hydroxyl groups excluding tert-OH is 1. The molecule has 40 heavy (non-hydrogen) atoms. The Morgan fingerprint density at radius 1 is 0.800 bits per heavy atom. The van der Waals surface area contributed by atoms with Gasteiger partial charge in [0, 0.05) is 5.92 Å². The number of ketones is 1. The van der Waals surface area contributed by atoms with E-state index in [4.69, 9.17) is 18.3 Å². The molecule has 0 amide bonds. The molecule has 6 rings (SSSR count). The molecule has 214 valence electrons. The molecule has 6 nitrogen and oxygen atoms in total. The van der Waals surface area contributed by atoms with E-state index < -0.39 is 6.10 Å². The number of rotatable bonds is 6. The van der Waals surface area contributed by atoms with Gasteiger partial charge < -0.3 is 23.4 Å². The van der Waals surface area contributed by atoms with Crippen LogP contribution < -0.4 is 9.47 Å². The molecule has 2 aromatic carbocycles. The van der Waals surface area contributed by atoms with Gasteiger partial charge in [-0.15, -0.1) is 0 Å². The maximum Gasteiger partial charge on any atom is 0.213 e. The summed E-state index contributed by atoms with van der Waals surface area (Å²) in [6, 6.07) is 8.50. The van der Waals surface area contributed by atoms with Crippen molar-refractivity contribution in [3.63, 3.8) is 0 Å². The van der Waals surface area contributed by atoms with Gasteiger partial charge in [0.05, 0.1) is 25.0 Å². The van der Waals surface area contributed by atoms with Gasteiger partial charge in [-0.2, -0.15) is 0 Å². The zero-order chi connectivity index (χ0) is 28.2. The topological polar surface area (TPSA) is 82.0 Å². The minimum Gasteiger partial charge on any atom is -0.492 e. The molecule has 2 heterocycles. The average Bonchev–Trinajstić information content (AvgIpc) is 3.54. The number of benzene rings is 2. The Kier molecular flexibility index (Phi) is 8.74. The summed E-state index contributed by atoms with van der Waals surface area (Å²) in [5, 5.41) is 11.7. The first-order valence-electron chi connectivity index (χ1n) is 14.2. The lowest BCUT2D eigenvalue weighted by atomic mass is 9.84. The van der Waals surface area contributed by atoms with E-state index in [9.17, 15) is 18.7 Å². The number of fused-ring (bicyclic) bond motifs is 2. The Hall–Kier alpha value is -3.39. The fourth-order valence-corrected chi connectivity index (χ4v) is 6.10. The maximum atomic E-state index is 13.4. The highest BCUT2D eigenvalue weighted by molar-refractivity contribution is 6.03. The minimum atomic E-state index is -0.680. The highest BCUT2D eigenvalue weighted by atomic mass is 19.1. The molecule has 1 N–H and O–H groups in total. The summed E-state index contributed by atoms with van der Waals surface area (Å²) in [6.45, 7) is 0. The molecule has 8 heteroatoms. The molecule has 0 spiro atoms. The van der Waals surface area contributed by atoms with Gasteiger partial charge in [0.1, 0.15) is 28.9 Å². The molecule has 2 aliphatic rings. The van der Waals surface area contributed by atoms with Crippen LogP contribution in [0.5, 0.6) is 11.5 Å². The molecule has 4 aromatic rings. The SMILES string of the molecule is COc1c(C(=O)C2CCCCC2)oc2ccc(F)cc12.COc1c(C(O)C2CCCCC2)oc2ccc(F)cc12. The molecule has 1 atom stereocenters. The number of carbonyl (C=O) groups is 1. The van der Waals surface area contributed by atoms with Crippen LogP contribution in [0.3, 0.4) is 0 Å². The summed E-state index contributed by atoms with van der Waals surface area (Å²) in [5.41, 5.74) is 1.04. The second-order valence-electron chi connectivity index (χ2n) is 10.8. The number of carbonyl (C=O) groups excluding carboxylic acids is 1. The zero-order valence-corrected chi connectivity index (χ0v) is 23.0. The van der Waals surface area contributed by atoms with E-state index in [2.05, 4.69) is 0 Å². The minimum absolute atomic E-state index is 0.00283. The third-order valence-corrected chi connectivity index (χ3v) is 8.21. The normalized spacial score (nSPS) is 17.4. The van der Waals surface area contributed by atoms with E-state index >= 15 is 0 Å². The molecular weight excluding hydrogens is 518 g/mol. The van der Waals surface area contributed by atoms with Crippen LogP contribution in [0.15, 0.2) is 45.2 Å². The zero-order valence-electron chi connectivity index (χ0n) is 23.0. The van der Waals surface area contributed by atoms with E-state index in [0.717, 1.165) is 51.4 Å². The van der Waals surface area contributed by atoms with Gasteiger partial charge in [-0.25, -0.2) is 8.78 Å². The molecule has 0 bridgehead atoms. The first kappa shape index (κ1) is 28.1. The van der Waals surface area contributed by atoms with Crippen molar-refractivity contribution in [3.05, 3.63) is 59.6 Å². The van der Waals surface area contributed by atoms with Crippen LogP contribution in [-0.4, -0.2) is 25.1 Å². The Balaban J connectivity index is 0.000000161. The Bertz CT molecular complexity index is 1460. The number of hydrogen-bond acceptors (Lipinski definition) is 6. The summed E-state index contributed by atoms with van der Waals surface area (Å²) in [5.74, 6) is 0.959. The van der Waals surface area contributed by atoms with Gasteiger partial charge in [0.15, 0.2) is 17.3 Å². The number of Topliss-reactive ketones (excluding diaryl/α,β-unsaturated/α-hetero) is 1. The van der Waals surface area contributed by atoms with Crippen molar-refractivity contribution in [2.24, 2.45) is 11.8 Å². The highest BCUT2D eigenvalue weighted by Gasteiger charge is 2.31. The monoisotopic (exact) mass is 554 g/mol. The van der Waals surface area contributed by atoms with Crippen molar-refractivity contribution in [3.8, 4) is 11.5 Å². The van der Waals surface area contributed by atoms with E-state index in [1.807, 2.05) is 0 Å². The fourth-order valence-electron chi connectivity index (χ4n) is 6.10. The molecule has 0 radical (unpaired) electrons. The van der Waals surface area contributed by atoms with E-state index in [1.165, 1.54) is 57.4 Å². The molecule has 0 aliphatic heterocycles. The molecular formula is C32H36F2O6. The van der Waals surface area contributed by atoms with Gasteiger partial charge in [-0.3, -0.25) is 4.79 Å². The molecule has 2 saturated carbocycles. The number of ether oxygens (including phenoxy) is 2. The van der Waals surface area contributed by atoms with Crippen molar-refractivity contribution >= 4 is 27.7 Å². The summed E-state index contributed by atoms with van der Waals surface area (Å²) in [4.78, 5) is 12.6. The van der Waals surface area contributed by atoms with Crippen molar-refractivity contribution in [2.75, 3.05) is 14.2 Å². The predicted octanol–water partition coefficient (Wildman–Crippen LogP) is 8.54. The molecule has 2 aliphatic carbocycles. The van der Waals surface area contributed by atoms with E-state index in [-0.39, 0.29) is 35.0 Å². The number of furan rings is 2. The second kappa shape index (κ2) is 12.4. The van der Waals surface area contributed by atoms with Crippen LogP contribution in [-0.2, 0) is 0 Å². The quantitative estimate of drug-likeness (QED) is 0.241. The second-order valence-corrected chi connectivity index (χ2v) is 10.8. The Morgan fingerprint density at radius 3 is 1.90 bits per heavy atom. The van der Waals surface area contributed by atoms with Crippen LogP contribution >= 0.6 is 0 Å². The summed E-state index contributed by atoms with van der Waals surface area (Å²) >= 11 is 0. The van der Waals surface area contributed by atoms with Crippen molar-refractivity contribution < 1.29 is 37.0 Å². The smallest absolute Gasteiger partial charge is 0.213 e. The standard InChI is InChI=1S/C16H19FO3.C16H17FO3/c2*1-19-15-12-9-11(17)7-8-13(12)20-16(15)14(18)10-5-3-2-4-6-10/h7-10,14,18H,2-6H2,1H3;7-10H,2-6H2,1H3. The summed E-state index contributed by atoms with van der Waals surface area (Å²) in [6.07, 6.45) is 9.95. The van der Waals surface area contributed by atoms with Crippen LogP contribution in [0, 0.1) is 23.5 Å². The lowest BCUT2D eigenvalue weighted by Gasteiger charge is -2.25. The van der Waals surface area contributed by atoms with E-state index in [0.29, 0.717) is 39.2 Å². The predicted molar refractivity (Wildman–Crippen MR) is 148 cm³/mol. The van der Waals surface area contributed by atoms with Crippen molar-refractivity contribution in [1.29, 1.82) is 0 Å². The number of halogens is 2. The average molecular weight is 555 g/mol. The van der Waals surface area contributed by atoms with Gasteiger partial charge >= 0.3 is 0 Å². The molecule has 2 aromatic heterocycles. The molecule has 1 unspecified atom stereocenters. The largest absolute Gasteiger partial charge is 0.492 e. The van der Waals surface area contributed by atoms with Crippen LogP contribution in [0.2, 0.25) is 0 Å². The van der Waals surface area contributed by atoms with Gasteiger partial charge in [0.25, 0.3) is 0 Å². The van der Waals surface area contributed by atoms with Crippen molar-refractivity contribution in [1.82, 2.24) is 0 Å². The molecule has 2 fully saturated rings. The maximum absolute atomic E-state index is 13.4. The van der Waals surface area contributed by atoms with Crippen molar-refractivity contribution in [2.45, 2.75) is 70.3 Å². The summed E-state index contributed by atoms with van der Waals surface area (Å²) < 4.78 is 48.7. The van der Waals surface area contributed by atoms with Crippen LogP contribution in [0.4, 0.5) is 8.78 Å². The van der Waals surface area contributed by atoms with E-state index in [1.54, 1.807) is 6.07 Å². The fraction of sp³-hybridized carbons (Fsp3) is 0.469. The first-order valence-corrected chi connectivity index (χ1v) is 14.2. The third-order valence-electron chi connectivity index (χ3n) is 8.21. The highest BCUT2D eigenvalue weighted by Crippen LogP contribution is 2.43.